The Morgan fingerprint density at radius 2 is 2.21 bits per heavy atom. The van der Waals surface area contributed by atoms with Crippen LogP contribution in [-0.4, -0.2) is 14.8 Å². The molecule has 0 fully saturated rings. The summed E-state index contributed by atoms with van der Waals surface area (Å²) in [6, 6.07) is 5.45. The van der Waals surface area contributed by atoms with Crippen LogP contribution in [-0.2, 0) is 7.05 Å². The van der Waals surface area contributed by atoms with E-state index in [9.17, 15) is 0 Å². The molecule has 4 heteroatoms. The molecule has 0 saturated carbocycles. The Morgan fingerprint density at radius 1 is 1.36 bits per heavy atom. The molecule has 2 aromatic rings. The molecule has 0 unspecified atom stereocenters. The van der Waals surface area contributed by atoms with Gasteiger partial charge in [-0.1, -0.05) is 12.6 Å². The minimum Gasteiger partial charge on any atom is -0.361 e. The average molecular weight is 184 g/mol. The molecule has 0 N–H and O–H groups in total. The van der Waals surface area contributed by atoms with E-state index < -0.39 is 0 Å². The Bertz CT molecular complexity index is 476. The van der Waals surface area contributed by atoms with E-state index in [0.717, 1.165) is 11.3 Å². The molecular formula is C10H8N4. The van der Waals surface area contributed by atoms with Crippen LogP contribution < -0.4 is 0 Å². The second-order valence-corrected chi connectivity index (χ2v) is 2.89. The lowest BCUT2D eigenvalue weighted by atomic mass is 10.2. The zero-order valence-electron chi connectivity index (χ0n) is 7.68. The summed E-state index contributed by atoms with van der Waals surface area (Å²) in [7, 11) is 1.87. The number of aryl methyl sites for hydroxylation is 1. The van der Waals surface area contributed by atoms with Crippen LogP contribution in [0.1, 0.15) is 0 Å². The zero-order chi connectivity index (χ0) is 9.97. The van der Waals surface area contributed by atoms with Crippen molar-refractivity contribution >= 4 is 5.82 Å². The Balaban J connectivity index is 2.39. The molecule has 0 aliphatic heterocycles. The predicted octanol–water partition coefficient (Wildman–Crippen LogP) is 2.03. The van der Waals surface area contributed by atoms with Crippen LogP contribution in [0.3, 0.4) is 0 Å². The van der Waals surface area contributed by atoms with Crippen molar-refractivity contribution in [2.75, 3.05) is 0 Å². The van der Waals surface area contributed by atoms with E-state index in [0.29, 0.717) is 5.82 Å². The van der Waals surface area contributed by atoms with Gasteiger partial charge in [-0.05, 0) is 12.1 Å². The van der Waals surface area contributed by atoms with Gasteiger partial charge >= 0.3 is 0 Å². The first-order valence-corrected chi connectivity index (χ1v) is 4.13. The highest BCUT2D eigenvalue weighted by Crippen LogP contribution is 2.17. The lowest BCUT2D eigenvalue weighted by Gasteiger charge is -1.93. The summed E-state index contributed by atoms with van der Waals surface area (Å²) in [4.78, 5) is 7.20. The third-order valence-corrected chi connectivity index (χ3v) is 1.87. The summed E-state index contributed by atoms with van der Waals surface area (Å²) in [6.45, 7) is 6.77. The van der Waals surface area contributed by atoms with Crippen LogP contribution in [0.15, 0.2) is 30.6 Å². The molecule has 0 aliphatic carbocycles. The number of aromatic nitrogens is 3. The van der Waals surface area contributed by atoms with E-state index in [4.69, 9.17) is 6.57 Å². The van der Waals surface area contributed by atoms with Gasteiger partial charge in [-0.15, -0.1) is 4.98 Å². The van der Waals surface area contributed by atoms with Gasteiger partial charge in [0.05, 0.1) is 5.69 Å². The lowest BCUT2D eigenvalue weighted by molar-refractivity contribution is 0.771. The van der Waals surface area contributed by atoms with Gasteiger partial charge in [0.15, 0.2) is 0 Å². The average Bonchev–Trinajstić information content (AvgIpc) is 2.65. The first kappa shape index (κ1) is 8.45. The molecule has 14 heavy (non-hydrogen) atoms. The van der Waals surface area contributed by atoms with E-state index in [1.807, 2.05) is 25.4 Å². The van der Waals surface area contributed by atoms with Crippen molar-refractivity contribution in [3.63, 3.8) is 0 Å². The number of hydrogen-bond donors (Lipinski definition) is 0. The molecule has 4 nitrogen and oxygen atoms in total. The molecule has 2 heterocycles. The standard InChI is InChI=1S/C10H8N4/c1-11-10-4-3-8(7-12-10)9-5-6-14(2)13-9/h3-7H,2H3. The number of pyridine rings is 1. The van der Waals surface area contributed by atoms with Crippen LogP contribution in [0.5, 0.6) is 0 Å². The largest absolute Gasteiger partial charge is 0.361 e. The molecule has 0 bridgehead atoms. The van der Waals surface area contributed by atoms with Crippen LogP contribution in [0.25, 0.3) is 16.1 Å². The van der Waals surface area contributed by atoms with Crippen molar-refractivity contribution in [1.29, 1.82) is 0 Å². The fraction of sp³-hybridized carbons (Fsp3) is 0.100. The summed E-state index contributed by atoms with van der Waals surface area (Å²) in [6.07, 6.45) is 3.54. The second-order valence-electron chi connectivity index (χ2n) is 2.89. The van der Waals surface area contributed by atoms with E-state index >= 15 is 0 Å². The number of hydrogen-bond acceptors (Lipinski definition) is 2. The molecule has 0 aromatic carbocycles. The van der Waals surface area contributed by atoms with Crippen molar-refractivity contribution in [1.82, 2.24) is 14.8 Å². The summed E-state index contributed by atoms with van der Waals surface area (Å²) < 4.78 is 1.73. The second kappa shape index (κ2) is 3.30. The Morgan fingerprint density at radius 3 is 2.71 bits per heavy atom. The molecule has 2 aromatic heterocycles. The van der Waals surface area contributed by atoms with Gasteiger partial charge in [-0.2, -0.15) is 5.10 Å². The van der Waals surface area contributed by atoms with Crippen molar-refractivity contribution < 1.29 is 0 Å². The van der Waals surface area contributed by atoms with Crippen LogP contribution in [0.4, 0.5) is 5.82 Å². The summed E-state index contributed by atoms with van der Waals surface area (Å²) >= 11 is 0. The van der Waals surface area contributed by atoms with Gasteiger partial charge in [0.25, 0.3) is 5.82 Å². The first-order chi connectivity index (χ1) is 6.79. The maximum Gasteiger partial charge on any atom is 0.269 e. The minimum absolute atomic E-state index is 0.407. The van der Waals surface area contributed by atoms with Crippen molar-refractivity contribution in [2.45, 2.75) is 0 Å². The Labute approximate surface area is 81.6 Å². The van der Waals surface area contributed by atoms with Gasteiger partial charge in [0.2, 0.25) is 0 Å². The minimum atomic E-state index is 0.407. The zero-order valence-corrected chi connectivity index (χ0v) is 7.68. The lowest BCUT2D eigenvalue weighted by Crippen LogP contribution is -1.87. The SMILES string of the molecule is [C-]#[N+]c1ccc(-c2ccn(C)n2)cn1. The fourth-order valence-electron chi connectivity index (χ4n) is 1.17. The molecular weight excluding hydrogens is 176 g/mol. The molecule has 0 spiro atoms. The van der Waals surface area contributed by atoms with E-state index in [1.54, 1.807) is 16.9 Å². The predicted molar refractivity (Wildman–Crippen MR) is 52.7 cm³/mol. The van der Waals surface area contributed by atoms with Gasteiger partial charge in [0.1, 0.15) is 6.20 Å². The monoisotopic (exact) mass is 184 g/mol. The molecule has 0 aliphatic rings. The highest BCUT2D eigenvalue weighted by atomic mass is 15.2. The Hall–Kier alpha value is -2.15. The van der Waals surface area contributed by atoms with Crippen molar-refractivity contribution in [3.05, 3.63) is 42.0 Å². The number of nitrogens with zero attached hydrogens (tertiary/aromatic N) is 4. The third-order valence-electron chi connectivity index (χ3n) is 1.87. The van der Waals surface area contributed by atoms with Crippen molar-refractivity contribution in [3.8, 4) is 11.3 Å². The van der Waals surface area contributed by atoms with Crippen LogP contribution in [0.2, 0.25) is 0 Å². The molecule has 0 radical (unpaired) electrons. The van der Waals surface area contributed by atoms with E-state index in [2.05, 4.69) is 14.9 Å². The fourth-order valence-corrected chi connectivity index (χ4v) is 1.17. The maximum absolute atomic E-state index is 6.77. The Kier molecular flexibility index (Phi) is 1.99. The molecule has 2 rings (SSSR count). The van der Waals surface area contributed by atoms with E-state index in [1.165, 1.54) is 0 Å². The van der Waals surface area contributed by atoms with E-state index in [-0.39, 0.29) is 0 Å². The van der Waals surface area contributed by atoms with Crippen LogP contribution >= 0.6 is 0 Å². The molecule has 0 saturated heterocycles. The molecule has 68 valence electrons. The number of rotatable bonds is 1. The van der Waals surface area contributed by atoms with Gasteiger partial charge in [-0.25, -0.2) is 0 Å². The summed E-state index contributed by atoms with van der Waals surface area (Å²) in [5.74, 6) is 0.407. The van der Waals surface area contributed by atoms with Crippen LogP contribution in [0, 0.1) is 6.57 Å². The molecule has 0 atom stereocenters. The maximum atomic E-state index is 6.77. The normalized spacial score (nSPS) is 9.71. The van der Waals surface area contributed by atoms with Gasteiger partial charge < -0.3 is 4.85 Å². The third kappa shape index (κ3) is 1.48. The topological polar surface area (TPSA) is 35.1 Å². The highest BCUT2D eigenvalue weighted by molar-refractivity contribution is 5.59. The van der Waals surface area contributed by atoms with Gasteiger partial charge in [-0.3, -0.25) is 4.68 Å². The van der Waals surface area contributed by atoms with Crippen molar-refractivity contribution in [2.24, 2.45) is 7.05 Å². The smallest absolute Gasteiger partial charge is 0.269 e. The molecule has 0 amide bonds. The van der Waals surface area contributed by atoms with Gasteiger partial charge in [0, 0.05) is 18.8 Å². The highest BCUT2D eigenvalue weighted by Gasteiger charge is 2.02. The summed E-state index contributed by atoms with van der Waals surface area (Å²) in [5, 5.41) is 4.24. The quantitative estimate of drug-likeness (QED) is 0.635. The first-order valence-electron chi connectivity index (χ1n) is 4.13. The summed E-state index contributed by atoms with van der Waals surface area (Å²) in [5.41, 5.74) is 1.80.